The van der Waals surface area contributed by atoms with E-state index in [-0.39, 0.29) is 25.0 Å². The topological polar surface area (TPSA) is 136 Å². The summed E-state index contributed by atoms with van der Waals surface area (Å²) in [7, 11) is 5.01. The number of nitrogen functional groups attached to an aromatic ring is 1. The number of methoxy groups -OCH3 is 1. The lowest BCUT2D eigenvalue weighted by atomic mass is 10.2. The fraction of sp³-hybridized carbons (Fsp3) is 0.278. The fourth-order valence-corrected chi connectivity index (χ4v) is 2.05. The third-order valence-electron chi connectivity index (χ3n) is 3.32. The summed E-state index contributed by atoms with van der Waals surface area (Å²) in [5, 5.41) is 8.58. The molecule has 0 aliphatic heterocycles. The maximum Gasteiger partial charge on any atom is 0.331 e. The van der Waals surface area contributed by atoms with Crippen LogP contribution in [0.15, 0.2) is 24.3 Å². The number of aromatic nitrogens is 3. The fourth-order valence-electron chi connectivity index (χ4n) is 2.05. The normalized spacial score (nSPS) is 10.4. The Hall–Kier alpha value is -3.87. The van der Waals surface area contributed by atoms with Crippen LogP contribution in [0.2, 0.25) is 0 Å². The molecule has 1 aromatic heterocycles. The van der Waals surface area contributed by atoms with E-state index in [1.54, 1.807) is 43.3 Å². The van der Waals surface area contributed by atoms with E-state index in [4.69, 9.17) is 25.2 Å². The van der Waals surface area contributed by atoms with Crippen LogP contribution >= 0.6 is 0 Å². The third kappa shape index (κ3) is 5.84. The van der Waals surface area contributed by atoms with Crippen LogP contribution in [0, 0.1) is 11.3 Å². The molecule has 0 spiro atoms. The highest BCUT2D eigenvalue weighted by atomic mass is 16.5. The first-order chi connectivity index (χ1) is 13.4. The molecule has 0 radical (unpaired) electrons. The van der Waals surface area contributed by atoms with Gasteiger partial charge in [-0.2, -0.15) is 20.2 Å². The number of esters is 1. The molecular weight excluding hydrogens is 364 g/mol. The summed E-state index contributed by atoms with van der Waals surface area (Å²) in [6.07, 6.45) is 2.83. The summed E-state index contributed by atoms with van der Waals surface area (Å²) >= 11 is 0. The molecular formula is C18H20N6O4. The number of carbonyl (C=O) groups is 1. The van der Waals surface area contributed by atoms with Crippen molar-refractivity contribution in [1.82, 2.24) is 15.0 Å². The molecule has 2 rings (SSSR count). The van der Waals surface area contributed by atoms with Crippen molar-refractivity contribution < 1.29 is 19.0 Å². The molecule has 0 amide bonds. The van der Waals surface area contributed by atoms with Crippen LogP contribution < -0.4 is 20.1 Å². The number of hydrogen-bond acceptors (Lipinski definition) is 10. The Labute approximate surface area is 162 Å². The van der Waals surface area contributed by atoms with Crippen LogP contribution in [0.1, 0.15) is 11.4 Å². The van der Waals surface area contributed by atoms with Gasteiger partial charge in [0.2, 0.25) is 11.9 Å². The van der Waals surface area contributed by atoms with E-state index in [0.717, 1.165) is 0 Å². The molecule has 2 aromatic rings. The molecule has 0 aliphatic rings. The number of benzene rings is 1. The van der Waals surface area contributed by atoms with Crippen LogP contribution in [0.5, 0.6) is 11.5 Å². The molecule has 0 unspecified atom stereocenters. The second-order valence-electron chi connectivity index (χ2n) is 5.60. The summed E-state index contributed by atoms with van der Waals surface area (Å²) in [5.74, 6) is 0.981. The van der Waals surface area contributed by atoms with Crippen LogP contribution in [-0.2, 0) is 16.1 Å². The molecule has 0 bridgehead atoms. The highest BCUT2D eigenvalue weighted by Crippen LogP contribution is 2.28. The Morgan fingerprint density at radius 2 is 2.07 bits per heavy atom. The van der Waals surface area contributed by atoms with Crippen LogP contribution in [0.3, 0.4) is 0 Å². The molecule has 1 heterocycles. The molecule has 10 nitrogen and oxygen atoms in total. The number of anilines is 2. The quantitative estimate of drug-likeness (QED) is 0.522. The van der Waals surface area contributed by atoms with Crippen molar-refractivity contribution in [2.24, 2.45) is 0 Å². The van der Waals surface area contributed by atoms with Gasteiger partial charge in [0.15, 0.2) is 30.5 Å². The van der Waals surface area contributed by atoms with Crippen molar-refractivity contribution >= 4 is 23.9 Å². The first-order valence-electron chi connectivity index (χ1n) is 8.13. The van der Waals surface area contributed by atoms with Gasteiger partial charge in [0.05, 0.1) is 7.11 Å². The van der Waals surface area contributed by atoms with Crippen molar-refractivity contribution in [1.29, 1.82) is 5.26 Å². The highest BCUT2D eigenvalue weighted by molar-refractivity contribution is 5.87. The van der Waals surface area contributed by atoms with Crippen molar-refractivity contribution in [3.8, 4) is 17.6 Å². The Kier molecular flexibility index (Phi) is 7.10. The van der Waals surface area contributed by atoms with Gasteiger partial charge >= 0.3 is 5.97 Å². The summed E-state index contributed by atoms with van der Waals surface area (Å²) in [5.41, 5.74) is 6.32. The van der Waals surface area contributed by atoms with Gasteiger partial charge in [0.1, 0.15) is 6.07 Å². The Bertz CT molecular complexity index is 907. The molecule has 0 aliphatic carbocycles. The average molecular weight is 384 g/mol. The number of rotatable bonds is 8. The standard InChI is InChI=1S/C18H20N6O4/c1-24(2)18-22-15(21-17(20)23-18)11-28-16(25)7-5-12-4-6-13(27-9-8-19)14(10-12)26-3/h4-7,10H,9,11H2,1-3H3,(H2,20,21,22,23)/b7-5+. The lowest BCUT2D eigenvalue weighted by Crippen LogP contribution is -2.17. The number of carbonyl (C=O) groups excluding carboxylic acids is 1. The van der Waals surface area contributed by atoms with E-state index in [2.05, 4.69) is 15.0 Å². The molecule has 0 fully saturated rings. The van der Waals surface area contributed by atoms with E-state index >= 15 is 0 Å². The van der Waals surface area contributed by atoms with Crippen molar-refractivity contribution in [3.63, 3.8) is 0 Å². The van der Waals surface area contributed by atoms with Crippen LogP contribution in [0.25, 0.3) is 6.08 Å². The molecule has 2 N–H and O–H groups in total. The first kappa shape index (κ1) is 20.4. The highest BCUT2D eigenvalue weighted by Gasteiger charge is 2.09. The predicted molar refractivity (Wildman–Crippen MR) is 101 cm³/mol. The van der Waals surface area contributed by atoms with Gasteiger partial charge in [-0.3, -0.25) is 0 Å². The Morgan fingerprint density at radius 3 is 2.75 bits per heavy atom. The van der Waals surface area contributed by atoms with Crippen LogP contribution in [-0.4, -0.2) is 48.7 Å². The molecule has 10 heteroatoms. The van der Waals surface area contributed by atoms with Crippen molar-refractivity contribution in [3.05, 3.63) is 35.7 Å². The zero-order valence-electron chi connectivity index (χ0n) is 15.7. The predicted octanol–water partition coefficient (Wildman–Crippen LogP) is 1.19. The maximum absolute atomic E-state index is 11.9. The van der Waals surface area contributed by atoms with E-state index in [9.17, 15) is 4.79 Å². The van der Waals surface area contributed by atoms with Gasteiger partial charge in [-0.15, -0.1) is 0 Å². The van der Waals surface area contributed by atoms with Gasteiger partial charge in [-0.1, -0.05) is 6.07 Å². The number of ether oxygens (including phenoxy) is 3. The van der Waals surface area contributed by atoms with Gasteiger partial charge in [0.25, 0.3) is 0 Å². The molecule has 0 saturated heterocycles. The average Bonchev–Trinajstić information content (AvgIpc) is 2.68. The SMILES string of the molecule is COc1cc(/C=C/C(=O)OCc2nc(N)nc(N(C)C)n2)ccc1OCC#N. The molecule has 0 atom stereocenters. The zero-order valence-corrected chi connectivity index (χ0v) is 15.7. The first-order valence-corrected chi connectivity index (χ1v) is 8.13. The van der Waals surface area contributed by atoms with Crippen molar-refractivity contribution in [2.45, 2.75) is 6.61 Å². The molecule has 146 valence electrons. The maximum atomic E-state index is 11.9. The number of nitriles is 1. The van der Waals surface area contributed by atoms with Gasteiger partial charge in [-0.05, 0) is 23.8 Å². The largest absolute Gasteiger partial charge is 0.493 e. The van der Waals surface area contributed by atoms with E-state index in [0.29, 0.717) is 23.0 Å². The molecule has 1 aromatic carbocycles. The Morgan fingerprint density at radius 1 is 1.29 bits per heavy atom. The lowest BCUT2D eigenvalue weighted by Gasteiger charge is -2.11. The lowest BCUT2D eigenvalue weighted by molar-refractivity contribution is -0.139. The second-order valence-corrected chi connectivity index (χ2v) is 5.60. The second kappa shape index (κ2) is 9.72. The van der Waals surface area contributed by atoms with E-state index in [1.807, 2.05) is 6.07 Å². The summed E-state index contributed by atoms with van der Waals surface area (Å²) in [6.45, 7) is -0.226. The van der Waals surface area contributed by atoms with Gasteiger partial charge in [-0.25, -0.2) is 4.79 Å². The zero-order chi connectivity index (χ0) is 20.5. The van der Waals surface area contributed by atoms with E-state index < -0.39 is 5.97 Å². The summed E-state index contributed by atoms with van der Waals surface area (Å²) in [6, 6.07) is 6.93. The van der Waals surface area contributed by atoms with Gasteiger partial charge < -0.3 is 24.8 Å². The van der Waals surface area contributed by atoms with E-state index in [1.165, 1.54) is 13.2 Å². The number of nitrogens with zero attached hydrogens (tertiary/aromatic N) is 5. The minimum absolute atomic E-state index is 0.0473. The molecule has 0 saturated carbocycles. The summed E-state index contributed by atoms with van der Waals surface area (Å²) < 4.78 is 15.6. The number of hydrogen-bond donors (Lipinski definition) is 1. The number of nitrogens with two attached hydrogens (primary N) is 1. The minimum Gasteiger partial charge on any atom is -0.493 e. The minimum atomic E-state index is -0.575. The van der Waals surface area contributed by atoms with Gasteiger partial charge in [0, 0.05) is 20.2 Å². The third-order valence-corrected chi connectivity index (χ3v) is 3.32. The Balaban J connectivity index is 1.99. The monoisotopic (exact) mass is 384 g/mol. The summed E-state index contributed by atoms with van der Waals surface area (Å²) in [4.78, 5) is 25.7. The smallest absolute Gasteiger partial charge is 0.331 e. The van der Waals surface area contributed by atoms with Crippen LogP contribution in [0.4, 0.5) is 11.9 Å². The molecule has 28 heavy (non-hydrogen) atoms. The van der Waals surface area contributed by atoms with Crippen molar-refractivity contribution in [2.75, 3.05) is 38.4 Å².